The molecule has 0 aliphatic heterocycles. The molecule has 2 fully saturated rings. The number of H-pyrrole nitrogens is 1. The van der Waals surface area contributed by atoms with E-state index in [4.69, 9.17) is 4.74 Å². The molecular weight excluding hydrogens is 348 g/mol. The van der Waals surface area contributed by atoms with E-state index in [9.17, 15) is 4.79 Å². The van der Waals surface area contributed by atoms with E-state index in [1.807, 2.05) is 12.1 Å². The molecule has 5 rings (SSSR count). The van der Waals surface area contributed by atoms with Crippen molar-refractivity contribution in [1.29, 1.82) is 0 Å². The number of carbonyl (C=O) groups excluding carboxylic acids is 1. The summed E-state index contributed by atoms with van der Waals surface area (Å²) < 4.78 is 5.70. The number of aromatic nitrogens is 2. The Morgan fingerprint density at radius 3 is 2.71 bits per heavy atom. The van der Waals surface area contributed by atoms with Crippen molar-refractivity contribution in [3.8, 4) is 5.75 Å². The molecule has 1 aromatic carbocycles. The number of hydrogen-bond donors (Lipinski definition) is 1. The zero-order valence-electron chi connectivity index (χ0n) is 16.8. The van der Waals surface area contributed by atoms with E-state index >= 15 is 0 Å². The molecule has 0 radical (unpaired) electrons. The van der Waals surface area contributed by atoms with Crippen LogP contribution >= 0.6 is 0 Å². The van der Waals surface area contributed by atoms with E-state index in [-0.39, 0.29) is 11.2 Å². The van der Waals surface area contributed by atoms with Crippen LogP contribution in [-0.2, 0) is 11.8 Å². The first-order valence-corrected chi connectivity index (χ1v) is 10.2. The number of ether oxygens (including phenoxy) is 1. The van der Waals surface area contributed by atoms with Crippen molar-refractivity contribution in [2.24, 2.45) is 0 Å². The van der Waals surface area contributed by atoms with Gasteiger partial charge >= 0.3 is 0 Å². The summed E-state index contributed by atoms with van der Waals surface area (Å²) in [6.07, 6.45) is 5.64. The number of Topliss-reactive ketones (excluding diaryl/α,β-unsaturated/α-hetero) is 1. The lowest BCUT2D eigenvalue weighted by Crippen LogP contribution is -2.06. The Balaban J connectivity index is 1.66. The maximum absolute atomic E-state index is 11.8. The molecule has 2 saturated carbocycles. The number of benzene rings is 1. The average molecular weight is 374 g/mol. The zero-order chi connectivity index (χ0) is 19.5. The summed E-state index contributed by atoms with van der Waals surface area (Å²) in [6.45, 7) is 3.91. The quantitative estimate of drug-likeness (QED) is 0.596. The highest BCUT2D eigenvalue weighted by atomic mass is 16.5. The lowest BCUT2D eigenvalue weighted by Gasteiger charge is -2.11. The molecule has 0 atom stereocenters. The predicted molar refractivity (Wildman–Crippen MR) is 110 cm³/mol. The molecule has 1 N–H and O–H groups in total. The molecule has 2 aromatic heterocycles. The van der Waals surface area contributed by atoms with Gasteiger partial charge in [0.05, 0.1) is 7.11 Å². The first kappa shape index (κ1) is 17.5. The van der Waals surface area contributed by atoms with Gasteiger partial charge in [0.1, 0.15) is 11.4 Å². The molecule has 4 heteroatoms. The van der Waals surface area contributed by atoms with Crippen LogP contribution in [0.5, 0.6) is 5.75 Å². The fraction of sp³-hybridized carbons (Fsp3) is 0.417. The molecule has 4 nitrogen and oxygen atoms in total. The molecule has 3 aromatic rings. The van der Waals surface area contributed by atoms with Crippen LogP contribution in [0, 0.1) is 0 Å². The maximum Gasteiger partial charge on any atom is 0.178 e. The summed E-state index contributed by atoms with van der Waals surface area (Å²) in [6, 6.07) is 10.3. The van der Waals surface area contributed by atoms with E-state index in [1.54, 1.807) is 20.1 Å². The molecule has 144 valence electrons. The monoisotopic (exact) mass is 374 g/mol. The highest BCUT2D eigenvalue weighted by Gasteiger charge is 2.42. The smallest absolute Gasteiger partial charge is 0.178 e. The molecule has 2 aliphatic carbocycles. The van der Waals surface area contributed by atoms with Crippen LogP contribution in [0.2, 0.25) is 0 Å². The number of hydrogen-bond acceptors (Lipinski definition) is 3. The van der Waals surface area contributed by atoms with Crippen molar-refractivity contribution in [3.05, 3.63) is 58.5 Å². The molecule has 28 heavy (non-hydrogen) atoms. The highest BCUT2D eigenvalue weighted by Crippen LogP contribution is 2.51. The van der Waals surface area contributed by atoms with Gasteiger partial charge in [0.15, 0.2) is 5.78 Å². The van der Waals surface area contributed by atoms with E-state index in [2.05, 4.69) is 29.0 Å². The summed E-state index contributed by atoms with van der Waals surface area (Å²) in [7, 11) is 1.76. The zero-order valence-corrected chi connectivity index (χ0v) is 16.8. The van der Waals surface area contributed by atoms with Crippen molar-refractivity contribution >= 4 is 16.7 Å². The second-order valence-corrected chi connectivity index (χ2v) is 8.70. The summed E-state index contributed by atoms with van der Waals surface area (Å²) in [5.41, 5.74) is 6.83. The number of rotatable bonds is 6. The van der Waals surface area contributed by atoms with Crippen LogP contribution in [0.1, 0.15) is 78.5 Å². The third-order valence-electron chi connectivity index (χ3n) is 6.40. The van der Waals surface area contributed by atoms with Crippen LogP contribution < -0.4 is 4.74 Å². The number of nitrogens with one attached hydrogen (secondary N) is 1. The van der Waals surface area contributed by atoms with Crippen LogP contribution in [0.4, 0.5) is 0 Å². The van der Waals surface area contributed by atoms with Gasteiger partial charge < -0.3 is 9.72 Å². The third-order valence-corrected chi connectivity index (χ3v) is 6.40. The van der Waals surface area contributed by atoms with Crippen molar-refractivity contribution in [2.45, 2.75) is 57.3 Å². The Kier molecular flexibility index (Phi) is 3.87. The Bertz CT molecular complexity index is 1090. The highest BCUT2D eigenvalue weighted by molar-refractivity contribution is 5.92. The first-order chi connectivity index (χ1) is 13.5. The summed E-state index contributed by atoms with van der Waals surface area (Å²) >= 11 is 0. The van der Waals surface area contributed by atoms with Gasteiger partial charge in [0, 0.05) is 47.1 Å². The molecule has 2 heterocycles. The van der Waals surface area contributed by atoms with Gasteiger partial charge in [-0.3, -0.25) is 4.79 Å². The van der Waals surface area contributed by atoms with Gasteiger partial charge in [0.25, 0.3) is 0 Å². The van der Waals surface area contributed by atoms with Gasteiger partial charge in [-0.2, -0.15) is 0 Å². The number of pyridine rings is 1. The maximum atomic E-state index is 11.8. The van der Waals surface area contributed by atoms with Crippen molar-refractivity contribution < 1.29 is 9.53 Å². The summed E-state index contributed by atoms with van der Waals surface area (Å²) in [5.74, 6) is 1.63. The number of nitrogens with zero attached hydrogens (tertiary/aromatic N) is 1. The summed E-state index contributed by atoms with van der Waals surface area (Å²) in [5, 5.41) is 1.28. The Hall–Kier alpha value is -2.62. The molecule has 0 unspecified atom stereocenters. The second-order valence-electron chi connectivity index (χ2n) is 8.70. The van der Waals surface area contributed by atoms with Crippen molar-refractivity contribution in [3.63, 3.8) is 0 Å². The van der Waals surface area contributed by atoms with Gasteiger partial charge in [-0.25, -0.2) is 4.98 Å². The fourth-order valence-corrected chi connectivity index (χ4v) is 4.28. The number of aromatic amines is 1. The molecular formula is C24H26N2O2. The lowest BCUT2D eigenvalue weighted by atomic mass is 9.95. The number of fused-ring (bicyclic) bond motifs is 1. The molecule has 0 bridgehead atoms. The number of methoxy groups -OCH3 is 1. The van der Waals surface area contributed by atoms with Crippen molar-refractivity contribution in [1.82, 2.24) is 9.97 Å². The molecule has 0 amide bonds. The largest absolute Gasteiger partial charge is 0.496 e. The SMILES string of the molecule is COc1cc2[nH]c(C3(C)CC3)c(Cc3cccc(C(C)=O)n3)c2cc1C1CC1. The van der Waals surface area contributed by atoms with Crippen LogP contribution in [0.15, 0.2) is 30.3 Å². The van der Waals surface area contributed by atoms with Crippen LogP contribution in [-0.4, -0.2) is 22.9 Å². The van der Waals surface area contributed by atoms with Gasteiger partial charge in [-0.05, 0) is 60.9 Å². The van der Waals surface area contributed by atoms with Gasteiger partial charge in [-0.15, -0.1) is 0 Å². The van der Waals surface area contributed by atoms with E-state index in [0.29, 0.717) is 11.6 Å². The van der Waals surface area contributed by atoms with Crippen LogP contribution in [0.25, 0.3) is 10.9 Å². The Morgan fingerprint density at radius 2 is 2.07 bits per heavy atom. The average Bonchev–Trinajstić information content (AvgIpc) is 3.62. The number of carbonyl (C=O) groups is 1. The normalized spacial score (nSPS) is 17.7. The molecule has 0 spiro atoms. The standard InChI is InChI=1S/C24H26N2O2/c1-14(27)20-6-4-5-16(25-20)11-19-18-12-17(15-7-8-15)22(28-3)13-21(18)26-23(19)24(2)9-10-24/h4-6,12-13,15,26H,7-11H2,1-3H3. The minimum atomic E-state index is 0.0101. The summed E-state index contributed by atoms with van der Waals surface area (Å²) in [4.78, 5) is 20.1. The van der Waals surface area contributed by atoms with Crippen LogP contribution in [0.3, 0.4) is 0 Å². The van der Waals surface area contributed by atoms with Crippen molar-refractivity contribution in [2.75, 3.05) is 7.11 Å². The van der Waals surface area contributed by atoms with Gasteiger partial charge in [-0.1, -0.05) is 13.0 Å². The molecule has 2 aliphatic rings. The molecule has 0 saturated heterocycles. The lowest BCUT2D eigenvalue weighted by molar-refractivity contribution is 0.101. The van der Waals surface area contributed by atoms with E-state index < -0.39 is 0 Å². The topological polar surface area (TPSA) is 55.0 Å². The second kappa shape index (κ2) is 6.20. The predicted octanol–water partition coefficient (Wildman–Crippen LogP) is 5.29. The first-order valence-electron chi connectivity index (χ1n) is 10.2. The fourth-order valence-electron chi connectivity index (χ4n) is 4.28. The number of ketones is 1. The van der Waals surface area contributed by atoms with Gasteiger partial charge in [0.2, 0.25) is 0 Å². The minimum Gasteiger partial charge on any atom is -0.496 e. The van der Waals surface area contributed by atoms with E-state index in [0.717, 1.165) is 23.4 Å². The Labute approximate surface area is 165 Å². The minimum absolute atomic E-state index is 0.0101. The Morgan fingerprint density at radius 1 is 1.29 bits per heavy atom. The third kappa shape index (κ3) is 2.92. The van der Waals surface area contributed by atoms with E-state index in [1.165, 1.54) is 47.9 Å².